The number of nitrogens with one attached hydrogen (secondary N) is 1. The van der Waals surface area contributed by atoms with E-state index in [2.05, 4.69) is 5.32 Å². The second-order valence-electron chi connectivity index (χ2n) is 11.4. The molecule has 2 atom stereocenters. The van der Waals surface area contributed by atoms with E-state index in [9.17, 15) is 14.7 Å². The fourth-order valence-corrected chi connectivity index (χ4v) is 5.26. The summed E-state index contributed by atoms with van der Waals surface area (Å²) in [4.78, 5) is 26.0. The predicted octanol–water partition coefficient (Wildman–Crippen LogP) is 5.40. The zero-order chi connectivity index (χ0) is 24.1. The van der Waals surface area contributed by atoms with Crippen LogP contribution >= 0.6 is 0 Å². The summed E-state index contributed by atoms with van der Waals surface area (Å²) in [5, 5.41) is 13.5. The van der Waals surface area contributed by atoms with Crippen LogP contribution in [0.15, 0.2) is 30.3 Å². The van der Waals surface area contributed by atoms with Crippen LogP contribution in [0.25, 0.3) is 0 Å². The van der Waals surface area contributed by atoms with Crippen LogP contribution in [0.4, 0.5) is 4.79 Å². The van der Waals surface area contributed by atoms with Gasteiger partial charge in [0.15, 0.2) is 5.54 Å². The van der Waals surface area contributed by atoms with Crippen LogP contribution in [0.1, 0.15) is 74.8 Å². The highest BCUT2D eigenvalue weighted by atomic mass is 16.6. The van der Waals surface area contributed by atoms with Gasteiger partial charge in [0.2, 0.25) is 0 Å². The van der Waals surface area contributed by atoms with Crippen molar-refractivity contribution in [3.63, 3.8) is 0 Å². The molecule has 2 rings (SSSR count). The highest BCUT2D eigenvalue weighted by Crippen LogP contribution is 2.72. The SMILES string of the molecule is CC(C)(C)OC(=O)N[C@@]1(C(=O)O)C(C)(C)C(C)(C)C(C)(C)C1(C)OCc1ccccc1. The fourth-order valence-electron chi connectivity index (χ4n) is 5.26. The molecule has 0 aromatic heterocycles. The Bertz CT molecular complexity index is 837. The zero-order valence-corrected chi connectivity index (χ0v) is 20.7. The Balaban J connectivity index is 2.68. The number of benzene rings is 1. The quantitative estimate of drug-likeness (QED) is 0.649. The molecule has 0 spiro atoms. The van der Waals surface area contributed by atoms with Crippen LogP contribution in [0.3, 0.4) is 0 Å². The number of carboxylic acids is 1. The number of carbonyl (C=O) groups excluding carboxylic acids is 1. The summed E-state index contributed by atoms with van der Waals surface area (Å²) < 4.78 is 12.0. The van der Waals surface area contributed by atoms with E-state index in [1.165, 1.54) is 0 Å². The molecule has 2 N–H and O–H groups in total. The van der Waals surface area contributed by atoms with Gasteiger partial charge in [-0.3, -0.25) is 0 Å². The third-order valence-electron chi connectivity index (χ3n) is 8.35. The number of carboxylic acid groups (broad SMARTS) is 1. The third-order valence-corrected chi connectivity index (χ3v) is 8.35. The first-order chi connectivity index (χ1) is 13.9. The number of amides is 1. The van der Waals surface area contributed by atoms with Crippen molar-refractivity contribution in [2.24, 2.45) is 16.2 Å². The molecule has 1 unspecified atom stereocenters. The Hall–Kier alpha value is -2.08. The molecule has 0 radical (unpaired) electrons. The first-order valence-corrected chi connectivity index (χ1v) is 10.8. The van der Waals surface area contributed by atoms with Gasteiger partial charge in [-0.05, 0) is 38.7 Å². The molecule has 1 aromatic carbocycles. The van der Waals surface area contributed by atoms with E-state index < -0.39 is 45.0 Å². The van der Waals surface area contributed by atoms with Crippen molar-refractivity contribution in [3.05, 3.63) is 35.9 Å². The van der Waals surface area contributed by atoms with Crippen LogP contribution in [-0.4, -0.2) is 33.9 Å². The van der Waals surface area contributed by atoms with Gasteiger partial charge in [0.25, 0.3) is 0 Å². The monoisotopic (exact) mass is 433 g/mol. The van der Waals surface area contributed by atoms with E-state index in [1.54, 1.807) is 27.7 Å². The van der Waals surface area contributed by atoms with Crippen LogP contribution < -0.4 is 5.32 Å². The molecule has 0 bridgehead atoms. The number of alkyl carbamates (subject to hydrolysis) is 1. The Labute approximate surface area is 186 Å². The minimum atomic E-state index is -1.75. The molecule has 6 heteroatoms. The summed E-state index contributed by atoms with van der Waals surface area (Å²) in [5.74, 6) is -1.14. The minimum absolute atomic E-state index is 0.220. The average Bonchev–Trinajstić information content (AvgIpc) is 2.68. The van der Waals surface area contributed by atoms with Gasteiger partial charge in [0.1, 0.15) is 11.2 Å². The molecule has 1 saturated carbocycles. The van der Waals surface area contributed by atoms with Gasteiger partial charge in [-0.2, -0.15) is 0 Å². The zero-order valence-electron chi connectivity index (χ0n) is 20.7. The lowest BCUT2D eigenvalue weighted by Crippen LogP contribution is -2.73. The summed E-state index contributed by atoms with van der Waals surface area (Å²) in [5.41, 5.74) is -4.89. The van der Waals surface area contributed by atoms with E-state index in [4.69, 9.17) is 9.47 Å². The summed E-state index contributed by atoms with van der Waals surface area (Å²) in [6.45, 7) is 19.2. The van der Waals surface area contributed by atoms with Gasteiger partial charge in [-0.25, -0.2) is 9.59 Å². The van der Waals surface area contributed by atoms with Crippen molar-refractivity contribution in [2.75, 3.05) is 0 Å². The topological polar surface area (TPSA) is 84.9 Å². The smallest absolute Gasteiger partial charge is 0.408 e. The van der Waals surface area contributed by atoms with Crippen LogP contribution in [-0.2, 0) is 20.9 Å². The molecular formula is C25H39NO5. The molecule has 1 aliphatic rings. The number of carbonyl (C=O) groups is 2. The summed E-state index contributed by atoms with van der Waals surface area (Å²) in [6.07, 6.45) is -0.772. The van der Waals surface area contributed by atoms with Crippen LogP contribution in [0.2, 0.25) is 0 Å². The van der Waals surface area contributed by atoms with Crippen molar-refractivity contribution < 1.29 is 24.2 Å². The maximum Gasteiger partial charge on any atom is 0.408 e. The van der Waals surface area contributed by atoms with Gasteiger partial charge < -0.3 is 19.9 Å². The van der Waals surface area contributed by atoms with Crippen molar-refractivity contribution in [3.8, 4) is 0 Å². The summed E-state index contributed by atoms with van der Waals surface area (Å²) >= 11 is 0. The van der Waals surface area contributed by atoms with Crippen LogP contribution in [0, 0.1) is 16.2 Å². The van der Waals surface area contributed by atoms with Gasteiger partial charge in [-0.1, -0.05) is 71.9 Å². The predicted molar refractivity (Wildman–Crippen MR) is 121 cm³/mol. The molecule has 0 heterocycles. The maximum atomic E-state index is 13.1. The number of rotatable bonds is 5. The van der Waals surface area contributed by atoms with Crippen molar-refractivity contribution >= 4 is 12.1 Å². The molecule has 1 aliphatic carbocycles. The standard InChI is InChI=1S/C25H39NO5/c1-20(2,3)31-19(29)26-25(18(27)28)23(8,9)21(4,5)22(6,7)24(25,10)30-16-17-14-12-11-13-15-17/h11-15H,16H2,1-10H3,(H,26,29)(H,27,28)/t24?,25-/m0/s1. The third kappa shape index (κ3) is 3.53. The molecule has 1 amide bonds. The second-order valence-corrected chi connectivity index (χ2v) is 11.4. The molecule has 0 saturated heterocycles. The van der Waals surface area contributed by atoms with Gasteiger partial charge >= 0.3 is 12.1 Å². The average molecular weight is 434 g/mol. The lowest BCUT2D eigenvalue weighted by Gasteiger charge is -2.50. The number of hydrogen-bond donors (Lipinski definition) is 2. The van der Waals surface area contributed by atoms with Gasteiger partial charge in [0, 0.05) is 10.8 Å². The Morgan fingerprint density at radius 3 is 1.87 bits per heavy atom. The van der Waals surface area contributed by atoms with E-state index in [-0.39, 0.29) is 6.61 Å². The van der Waals surface area contributed by atoms with Crippen molar-refractivity contribution in [1.29, 1.82) is 0 Å². The summed E-state index contributed by atoms with van der Waals surface area (Å²) in [7, 11) is 0. The Morgan fingerprint density at radius 1 is 0.903 bits per heavy atom. The van der Waals surface area contributed by atoms with E-state index in [0.717, 1.165) is 5.56 Å². The lowest BCUT2D eigenvalue weighted by molar-refractivity contribution is -0.185. The lowest BCUT2D eigenvalue weighted by atomic mass is 9.58. The van der Waals surface area contributed by atoms with E-state index in [1.807, 2.05) is 71.9 Å². The van der Waals surface area contributed by atoms with Gasteiger partial charge in [-0.15, -0.1) is 0 Å². The normalized spacial score (nSPS) is 28.7. The molecular weight excluding hydrogens is 394 g/mol. The Kier molecular flexibility index (Phi) is 6.10. The number of aliphatic carboxylic acids is 1. The molecule has 1 fully saturated rings. The van der Waals surface area contributed by atoms with Crippen LogP contribution in [0.5, 0.6) is 0 Å². The Morgan fingerprint density at radius 2 is 1.42 bits per heavy atom. The molecule has 1 aromatic rings. The highest BCUT2D eigenvalue weighted by molar-refractivity contribution is 5.88. The fraction of sp³-hybridized carbons (Fsp3) is 0.680. The largest absolute Gasteiger partial charge is 0.479 e. The van der Waals surface area contributed by atoms with Crippen molar-refractivity contribution in [1.82, 2.24) is 5.32 Å². The van der Waals surface area contributed by atoms with Gasteiger partial charge in [0.05, 0.1) is 6.61 Å². The first kappa shape index (κ1) is 25.2. The molecule has 0 aliphatic heterocycles. The number of hydrogen-bond acceptors (Lipinski definition) is 4. The number of ether oxygens (including phenoxy) is 2. The minimum Gasteiger partial charge on any atom is -0.479 e. The van der Waals surface area contributed by atoms with E-state index >= 15 is 0 Å². The molecule has 174 valence electrons. The summed E-state index contributed by atoms with van der Waals surface area (Å²) in [6, 6.07) is 9.62. The van der Waals surface area contributed by atoms with Crippen molar-refractivity contribution in [2.45, 2.75) is 92.6 Å². The maximum absolute atomic E-state index is 13.1. The molecule has 6 nitrogen and oxygen atoms in total. The highest BCUT2D eigenvalue weighted by Gasteiger charge is 2.82. The molecule has 31 heavy (non-hydrogen) atoms. The second kappa shape index (κ2) is 7.51. The first-order valence-electron chi connectivity index (χ1n) is 10.8. The van der Waals surface area contributed by atoms with E-state index in [0.29, 0.717) is 0 Å².